The van der Waals surface area contributed by atoms with Gasteiger partial charge in [-0.25, -0.2) is 9.59 Å². The van der Waals surface area contributed by atoms with Crippen LogP contribution in [0.25, 0.3) is 0 Å². The number of amides is 2. The minimum Gasteiger partial charge on any atom is -0.446 e. The molecule has 10 heteroatoms. The first-order valence-corrected chi connectivity index (χ1v) is 21.2. The number of aliphatic hydroxyl groups excluding tert-OH is 1. The fraction of sp³-hybridized carbons (Fsp3) is 0.952. The number of fused-ring (bicyclic) bond motifs is 4. The third kappa shape index (κ3) is 5.36. The van der Waals surface area contributed by atoms with E-state index in [2.05, 4.69) is 70.6 Å². The van der Waals surface area contributed by atoms with Gasteiger partial charge in [0, 0.05) is 63.2 Å². The van der Waals surface area contributed by atoms with Crippen molar-refractivity contribution in [2.75, 3.05) is 59.4 Å². The Morgan fingerprint density at radius 1 is 0.942 bits per heavy atom. The molecule has 8 fully saturated rings. The van der Waals surface area contributed by atoms with Crippen molar-refractivity contribution in [2.24, 2.45) is 56.7 Å². The molecule has 3 saturated heterocycles. The van der Waals surface area contributed by atoms with E-state index in [9.17, 15) is 14.7 Å². The number of nitrogens with one attached hydrogen (secondary N) is 1. The van der Waals surface area contributed by atoms with E-state index in [1.165, 1.54) is 12.8 Å². The summed E-state index contributed by atoms with van der Waals surface area (Å²) in [4.78, 5) is 32.7. The van der Waals surface area contributed by atoms with E-state index >= 15 is 0 Å². The molecule has 2 N–H and O–H groups in total. The summed E-state index contributed by atoms with van der Waals surface area (Å²) in [6, 6.07) is 0. The molecule has 5 saturated carbocycles. The van der Waals surface area contributed by atoms with E-state index in [0.29, 0.717) is 24.3 Å². The van der Waals surface area contributed by atoms with E-state index in [1.807, 2.05) is 0 Å². The Balaban J connectivity index is 0.956. The van der Waals surface area contributed by atoms with Gasteiger partial charge in [0.15, 0.2) is 0 Å². The molecular formula is C42H70N4O6. The summed E-state index contributed by atoms with van der Waals surface area (Å²) in [7, 11) is 2.17. The lowest BCUT2D eigenvalue weighted by Gasteiger charge is -2.63. The van der Waals surface area contributed by atoms with E-state index in [0.717, 1.165) is 90.8 Å². The topological polar surface area (TPSA) is 104 Å². The summed E-state index contributed by atoms with van der Waals surface area (Å²) in [5, 5.41) is 15.8. The average molecular weight is 727 g/mol. The summed E-state index contributed by atoms with van der Waals surface area (Å²) in [6.07, 6.45) is 7.87. The molecule has 8 aliphatic rings. The predicted octanol–water partition coefficient (Wildman–Crippen LogP) is 6.01. The first kappa shape index (κ1) is 37.3. The largest absolute Gasteiger partial charge is 0.446 e. The molecule has 13 atom stereocenters. The van der Waals surface area contributed by atoms with Crippen molar-refractivity contribution >= 4 is 12.2 Å². The summed E-state index contributed by atoms with van der Waals surface area (Å²) in [6.45, 7) is 23.6. The van der Waals surface area contributed by atoms with Crippen LogP contribution >= 0.6 is 0 Å². The lowest BCUT2D eigenvalue weighted by Crippen LogP contribution is -2.60. The van der Waals surface area contributed by atoms with E-state index in [4.69, 9.17) is 14.2 Å². The number of rotatable bonds is 7. The zero-order chi connectivity index (χ0) is 37.0. The van der Waals surface area contributed by atoms with E-state index < -0.39 is 6.10 Å². The maximum Gasteiger partial charge on any atom is 0.410 e. The van der Waals surface area contributed by atoms with Crippen LogP contribution < -0.4 is 5.32 Å². The van der Waals surface area contributed by atoms with Crippen molar-refractivity contribution in [1.29, 1.82) is 0 Å². The SMILES string of the molecule is CC(C)C(OC(=O)N1CCC1)C1CC(C)C2C(O1)C(O)C1(C)C3CCC4C(C)(C)C(OC(=O)NCCN5CCN(C)CC5)CCC45CC35CCC21C. The van der Waals surface area contributed by atoms with Crippen LogP contribution in [0.1, 0.15) is 106 Å². The highest BCUT2D eigenvalue weighted by molar-refractivity contribution is 5.68. The number of piperazine rings is 1. The smallest absolute Gasteiger partial charge is 0.410 e. The third-order valence-electron chi connectivity index (χ3n) is 17.7. The fourth-order valence-electron chi connectivity index (χ4n) is 14.6. The second-order valence-electron chi connectivity index (χ2n) is 20.5. The summed E-state index contributed by atoms with van der Waals surface area (Å²) < 4.78 is 19.5. The lowest BCUT2D eigenvalue weighted by molar-refractivity contribution is -0.185. The number of likely N-dealkylation sites (tertiary alicyclic amines) is 1. The molecule has 0 bridgehead atoms. The van der Waals surface area contributed by atoms with Crippen LogP contribution in [0.15, 0.2) is 0 Å². The quantitative estimate of drug-likeness (QED) is 0.329. The zero-order valence-corrected chi connectivity index (χ0v) is 33.6. The summed E-state index contributed by atoms with van der Waals surface area (Å²) in [5.41, 5.74) is 0.129. The standard InChI is InChI=1S/C42H70N4O6/c1-26(2)33(52-37(49)46-17-9-18-46)28-24-27(3)32-34(50-28)35(47)40(7)30-11-10-29-38(4,5)31(12-13-41(29)25-42(30,41)15-14-39(32,40)6)51-36(48)43-16-19-45-22-20-44(8)21-23-45/h26-35,47H,9-25H2,1-8H3,(H,43,48). The van der Waals surface area contributed by atoms with Gasteiger partial charge < -0.3 is 34.4 Å². The van der Waals surface area contributed by atoms with Crippen molar-refractivity contribution in [3.8, 4) is 0 Å². The van der Waals surface area contributed by atoms with Gasteiger partial charge in [0.05, 0.1) is 18.3 Å². The summed E-state index contributed by atoms with van der Waals surface area (Å²) >= 11 is 0. The molecule has 8 rings (SSSR count). The van der Waals surface area contributed by atoms with Crippen LogP contribution in [-0.2, 0) is 14.2 Å². The normalized spacial score (nSPS) is 47.2. The Hall–Kier alpha value is -1.62. The number of hydrogen-bond acceptors (Lipinski definition) is 8. The Morgan fingerprint density at radius 3 is 2.31 bits per heavy atom. The van der Waals surface area contributed by atoms with Gasteiger partial charge in [0.25, 0.3) is 0 Å². The molecule has 5 aliphatic carbocycles. The van der Waals surface area contributed by atoms with Crippen LogP contribution in [0.4, 0.5) is 9.59 Å². The minimum absolute atomic E-state index is 0.0202. The number of ether oxygens (including phenoxy) is 3. The Morgan fingerprint density at radius 2 is 1.63 bits per heavy atom. The molecule has 2 spiro atoms. The minimum atomic E-state index is -0.551. The number of alkyl carbamates (subject to hydrolysis) is 1. The number of carbonyl (C=O) groups is 2. The number of likely N-dealkylation sites (N-methyl/N-ethyl adjacent to an activating group) is 1. The van der Waals surface area contributed by atoms with Crippen LogP contribution in [-0.4, -0.2) is 122 Å². The molecule has 0 aromatic carbocycles. The Bertz CT molecular complexity index is 1380. The van der Waals surface area contributed by atoms with Crippen molar-refractivity contribution in [3.63, 3.8) is 0 Å². The number of nitrogens with zero attached hydrogens (tertiary/aromatic N) is 3. The first-order valence-electron chi connectivity index (χ1n) is 21.2. The second-order valence-corrected chi connectivity index (χ2v) is 20.5. The zero-order valence-electron chi connectivity index (χ0n) is 33.6. The highest BCUT2D eigenvalue weighted by atomic mass is 16.6. The average Bonchev–Trinajstić information content (AvgIpc) is 3.69. The Kier molecular flexibility index (Phi) is 9.31. The second kappa shape index (κ2) is 13.0. The van der Waals surface area contributed by atoms with Crippen LogP contribution in [0.3, 0.4) is 0 Å². The maximum absolute atomic E-state index is 13.1. The fourth-order valence-corrected chi connectivity index (χ4v) is 14.6. The molecule has 294 valence electrons. The predicted molar refractivity (Wildman–Crippen MR) is 200 cm³/mol. The molecule has 3 heterocycles. The molecule has 2 amide bonds. The summed E-state index contributed by atoms with van der Waals surface area (Å²) in [5.74, 6) is 1.73. The van der Waals surface area contributed by atoms with Crippen molar-refractivity contribution in [3.05, 3.63) is 0 Å². The highest BCUT2D eigenvalue weighted by Crippen LogP contribution is 2.89. The van der Waals surface area contributed by atoms with Gasteiger partial charge in [-0.1, -0.05) is 48.5 Å². The molecule has 52 heavy (non-hydrogen) atoms. The Labute approximate surface area is 313 Å². The maximum atomic E-state index is 13.1. The third-order valence-corrected chi connectivity index (χ3v) is 17.7. The van der Waals surface area contributed by atoms with E-state index in [1.54, 1.807) is 4.90 Å². The number of aliphatic hydroxyl groups is 1. The molecule has 0 radical (unpaired) electrons. The van der Waals surface area contributed by atoms with Gasteiger partial charge in [-0.2, -0.15) is 0 Å². The van der Waals surface area contributed by atoms with Gasteiger partial charge in [0.2, 0.25) is 0 Å². The lowest BCUT2D eigenvalue weighted by atomic mass is 9.41. The van der Waals surface area contributed by atoms with Gasteiger partial charge in [-0.3, -0.25) is 4.90 Å². The van der Waals surface area contributed by atoms with Crippen LogP contribution in [0, 0.1) is 56.7 Å². The number of hydrogen-bond donors (Lipinski definition) is 2. The molecule has 13 unspecified atom stereocenters. The number of carbonyl (C=O) groups excluding carboxylic acids is 2. The molecule has 0 aromatic rings. The molecular weight excluding hydrogens is 656 g/mol. The van der Waals surface area contributed by atoms with Crippen molar-refractivity contribution in [1.82, 2.24) is 20.0 Å². The van der Waals surface area contributed by atoms with Crippen molar-refractivity contribution < 1.29 is 28.9 Å². The molecule has 3 aliphatic heterocycles. The van der Waals surface area contributed by atoms with Gasteiger partial charge in [-0.05, 0) is 111 Å². The van der Waals surface area contributed by atoms with Crippen LogP contribution in [0.5, 0.6) is 0 Å². The van der Waals surface area contributed by atoms with Gasteiger partial charge >= 0.3 is 12.2 Å². The van der Waals surface area contributed by atoms with Gasteiger partial charge in [0.1, 0.15) is 12.2 Å². The highest BCUT2D eigenvalue weighted by Gasteiger charge is 2.84. The molecule has 0 aromatic heterocycles. The van der Waals surface area contributed by atoms with E-state index in [-0.39, 0.29) is 75.5 Å². The monoisotopic (exact) mass is 727 g/mol. The molecule has 10 nitrogen and oxygen atoms in total. The van der Waals surface area contributed by atoms with Crippen molar-refractivity contribution in [2.45, 2.75) is 137 Å². The van der Waals surface area contributed by atoms with Crippen LogP contribution in [0.2, 0.25) is 0 Å². The van der Waals surface area contributed by atoms with Gasteiger partial charge in [-0.15, -0.1) is 0 Å². The first-order chi connectivity index (χ1) is 24.6.